The fraction of sp³-hybridized carbons (Fsp3) is 0.250. The van der Waals surface area contributed by atoms with Crippen LogP contribution in [-0.4, -0.2) is 13.2 Å². The third-order valence-electron chi connectivity index (χ3n) is 2.87. The minimum atomic E-state index is 0.423. The zero-order valence-corrected chi connectivity index (χ0v) is 10.6. The molecule has 0 atom stereocenters. The van der Waals surface area contributed by atoms with E-state index in [0.29, 0.717) is 13.2 Å². The highest BCUT2D eigenvalue weighted by Crippen LogP contribution is 2.28. The van der Waals surface area contributed by atoms with Gasteiger partial charge in [-0.05, 0) is 36.7 Å². The van der Waals surface area contributed by atoms with Gasteiger partial charge < -0.3 is 10.5 Å². The number of rotatable bonds is 4. The lowest BCUT2D eigenvalue weighted by Crippen LogP contribution is -2.06. The quantitative estimate of drug-likeness (QED) is 0.833. The van der Waals surface area contributed by atoms with E-state index in [9.17, 15) is 0 Å². The molecule has 0 fully saturated rings. The van der Waals surface area contributed by atoms with Crippen LogP contribution >= 0.6 is 0 Å². The van der Waals surface area contributed by atoms with Crippen molar-refractivity contribution in [2.75, 3.05) is 13.2 Å². The summed E-state index contributed by atoms with van der Waals surface area (Å²) in [4.78, 5) is 0. The van der Waals surface area contributed by atoms with Gasteiger partial charge in [-0.1, -0.05) is 36.3 Å². The molecule has 0 spiro atoms. The van der Waals surface area contributed by atoms with Crippen LogP contribution in [0.1, 0.15) is 12.5 Å². The predicted molar refractivity (Wildman–Crippen MR) is 75.7 cm³/mol. The Morgan fingerprint density at radius 3 is 2.78 bits per heavy atom. The molecule has 2 rings (SSSR count). The van der Waals surface area contributed by atoms with E-state index in [2.05, 4.69) is 30.0 Å². The Kier molecular flexibility index (Phi) is 4.22. The summed E-state index contributed by atoms with van der Waals surface area (Å²) >= 11 is 0. The number of nitrogens with two attached hydrogens (primary N) is 1. The Bertz CT molecular complexity index is 593. The average Bonchev–Trinajstić information content (AvgIpc) is 2.41. The molecule has 0 heterocycles. The Labute approximate surface area is 108 Å². The van der Waals surface area contributed by atoms with E-state index < -0.39 is 0 Å². The van der Waals surface area contributed by atoms with E-state index in [1.807, 2.05) is 25.1 Å². The number of ether oxygens (including phenoxy) is 1. The number of benzene rings is 2. The molecule has 0 aliphatic carbocycles. The Balaban J connectivity index is 2.43. The van der Waals surface area contributed by atoms with Gasteiger partial charge in [0.05, 0.1) is 0 Å². The molecule has 0 bridgehead atoms. The molecular weight excluding hydrogens is 222 g/mol. The SMILES string of the molecule is CC#CCOc1ccc2ccccc2c1CCN. The minimum absolute atomic E-state index is 0.423. The summed E-state index contributed by atoms with van der Waals surface area (Å²) in [5, 5.41) is 2.43. The smallest absolute Gasteiger partial charge is 0.149 e. The maximum absolute atomic E-state index is 5.71. The summed E-state index contributed by atoms with van der Waals surface area (Å²) in [5.41, 5.74) is 6.87. The number of fused-ring (bicyclic) bond motifs is 1. The molecule has 2 aromatic carbocycles. The highest BCUT2D eigenvalue weighted by atomic mass is 16.5. The third-order valence-corrected chi connectivity index (χ3v) is 2.87. The van der Waals surface area contributed by atoms with Crippen LogP contribution in [0.5, 0.6) is 5.75 Å². The first kappa shape index (κ1) is 12.5. The maximum atomic E-state index is 5.71. The van der Waals surface area contributed by atoms with Gasteiger partial charge in [0.1, 0.15) is 12.4 Å². The highest BCUT2D eigenvalue weighted by Gasteiger charge is 2.07. The first-order valence-corrected chi connectivity index (χ1v) is 6.10. The van der Waals surface area contributed by atoms with Gasteiger partial charge in [-0.3, -0.25) is 0 Å². The molecule has 2 aromatic rings. The Morgan fingerprint density at radius 1 is 1.17 bits per heavy atom. The molecule has 0 aliphatic rings. The van der Waals surface area contributed by atoms with E-state index in [-0.39, 0.29) is 0 Å². The molecular formula is C16H17NO. The third kappa shape index (κ3) is 2.64. The van der Waals surface area contributed by atoms with Crippen molar-refractivity contribution in [1.82, 2.24) is 0 Å². The average molecular weight is 239 g/mol. The van der Waals surface area contributed by atoms with Crippen LogP contribution in [0.25, 0.3) is 10.8 Å². The number of hydrogen-bond acceptors (Lipinski definition) is 2. The van der Waals surface area contributed by atoms with Crippen molar-refractivity contribution in [3.8, 4) is 17.6 Å². The second-order valence-electron chi connectivity index (χ2n) is 4.02. The lowest BCUT2D eigenvalue weighted by molar-refractivity contribution is 0.367. The Hall–Kier alpha value is -1.98. The summed E-state index contributed by atoms with van der Waals surface area (Å²) in [6, 6.07) is 12.4. The van der Waals surface area contributed by atoms with Gasteiger partial charge >= 0.3 is 0 Å². The molecule has 2 nitrogen and oxygen atoms in total. The minimum Gasteiger partial charge on any atom is -0.481 e. The van der Waals surface area contributed by atoms with Gasteiger partial charge in [-0.15, -0.1) is 5.92 Å². The van der Waals surface area contributed by atoms with Crippen LogP contribution in [0, 0.1) is 11.8 Å². The van der Waals surface area contributed by atoms with E-state index in [1.54, 1.807) is 0 Å². The summed E-state index contributed by atoms with van der Waals surface area (Å²) in [5.74, 6) is 6.63. The molecule has 18 heavy (non-hydrogen) atoms. The normalized spacial score (nSPS) is 9.89. The summed E-state index contributed by atoms with van der Waals surface area (Å²) in [6.45, 7) is 2.85. The monoisotopic (exact) mass is 239 g/mol. The van der Waals surface area contributed by atoms with Gasteiger partial charge in [-0.2, -0.15) is 0 Å². The van der Waals surface area contributed by atoms with Crippen LogP contribution in [-0.2, 0) is 6.42 Å². The van der Waals surface area contributed by atoms with Crippen molar-refractivity contribution in [1.29, 1.82) is 0 Å². The van der Waals surface area contributed by atoms with Gasteiger partial charge in [0.25, 0.3) is 0 Å². The molecule has 0 saturated heterocycles. The van der Waals surface area contributed by atoms with Crippen molar-refractivity contribution in [2.24, 2.45) is 5.73 Å². The maximum Gasteiger partial charge on any atom is 0.149 e. The van der Waals surface area contributed by atoms with Crippen LogP contribution < -0.4 is 10.5 Å². The van der Waals surface area contributed by atoms with Crippen molar-refractivity contribution in [2.45, 2.75) is 13.3 Å². The second-order valence-corrected chi connectivity index (χ2v) is 4.02. The lowest BCUT2D eigenvalue weighted by Gasteiger charge is -2.12. The van der Waals surface area contributed by atoms with E-state index in [1.165, 1.54) is 16.3 Å². The molecule has 0 aromatic heterocycles. The number of hydrogen-bond donors (Lipinski definition) is 1. The van der Waals surface area contributed by atoms with Crippen molar-refractivity contribution in [3.63, 3.8) is 0 Å². The molecule has 0 unspecified atom stereocenters. The Morgan fingerprint density at radius 2 is 2.00 bits per heavy atom. The van der Waals surface area contributed by atoms with Gasteiger partial charge in [-0.25, -0.2) is 0 Å². The first-order chi connectivity index (χ1) is 8.86. The van der Waals surface area contributed by atoms with Crippen molar-refractivity contribution >= 4 is 10.8 Å². The lowest BCUT2D eigenvalue weighted by atomic mass is 10.0. The fourth-order valence-electron chi connectivity index (χ4n) is 2.04. The molecule has 0 radical (unpaired) electrons. The second kappa shape index (κ2) is 6.09. The van der Waals surface area contributed by atoms with E-state index >= 15 is 0 Å². The topological polar surface area (TPSA) is 35.2 Å². The van der Waals surface area contributed by atoms with Crippen molar-refractivity contribution < 1.29 is 4.74 Å². The van der Waals surface area contributed by atoms with E-state index in [0.717, 1.165) is 12.2 Å². The molecule has 92 valence electrons. The van der Waals surface area contributed by atoms with Crippen molar-refractivity contribution in [3.05, 3.63) is 42.0 Å². The molecule has 2 N–H and O–H groups in total. The zero-order valence-electron chi connectivity index (χ0n) is 10.6. The molecule has 2 heteroatoms. The van der Waals surface area contributed by atoms with Crippen LogP contribution in [0.2, 0.25) is 0 Å². The summed E-state index contributed by atoms with van der Waals surface area (Å²) in [6.07, 6.45) is 0.816. The largest absolute Gasteiger partial charge is 0.481 e. The van der Waals surface area contributed by atoms with Crippen LogP contribution in [0.4, 0.5) is 0 Å². The predicted octanol–water partition coefficient (Wildman–Crippen LogP) is 2.74. The van der Waals surface area contributed by atoms with Gasteiger partial charge in [0.2, 0.25) is 0 Å². The van der Waals surface area contributed by atoms with Crippen LogP contribution in [0.3, 0.4) is 0 Å². The van der Waals surface area contributed by atoms with Crippen LogP contribution in [0.15, 0.2) is 36.4 Å². The van der Waals surface area contributed by atoms with Gasteiger partial charge in [0, 0.05) is 5.56 Å². The van der Waals surface area contributed by atoms with Gasteiger partial charge in [0.15, 0.2) is 0 Å². The molecule has 0 amide bonds. The zero-order chi connectivity index (χ0) is 12.8. The van der Waals surface area contributed by atoms with E-state index in [4.69, 9.17) is 10.5 Å². The summed E-state index contributed by atoms with van der Waals surface area (Å²) in [7, 11) is 0. The standard InChI is InChI=1S/C16H17NO/c1-2-3-12-18-16-9-8-13-6-4-5-7-14(13)15(16)10-11-17/h4-9H,10-12,17H2,1H3. The fourth-order valence-corrected chi connectivity index (χ4v) is 2.04. The highest BCUT2D eigenvalue weighted by molar-refractivity contribution is 5.87. The summed E-state index contributed by atoms with van der Waals surface area (Å²) < 4.78 is 5.71. The molecule has 0 saturated carbocycles. The first-order valence-electron chi connectivity index (χ1n) is 6.10. The molecule has 0 aliphatic heterocycles.